The Labute approximate surface area is 111 Å². The number of anilines is 1. The van der Waals surface area contributed by atoms with E-state index in [0.29, 0.717) is 13.0 Å². The molecule has 1 amide bonds. The summed E-state index contributed by atoms with van der Waals surface area (Å²) in [6.45, 7) is 2.38. The van der Waals surface area contributed by atoms with Crippen LogP contribution in [0.15, 0.2) is 47.1 Å². The summed E-state index contributed by atoms with van der Waals surface area (Å²) in [5.41, 5.74) is 0.800. The van der Waals surface area contributed by atoms with E-state index in [4.69, 9.17) is 9.15 Å². The summed E-state index contributed by atoms with van der Waals surface area (Å²) in [7, 11) is 0. The predicted molar refractivity (Wildman–Crippen MR) is 71.0 cm³/mol. The Bertz CT molecular complexity index is 577. The van der Waals surface area contributed by atoms with Crippen LogP contribution >= 0.6 is 0 Å². The highest BCUT2D eigenvalue weighted by molar-refractivity contribution is 5.99. The molecule has 2 aromatic rings. The van der Waals surface area contributed by atoms with Crippen LogP contribution in [0.2, 0.25) is 0 Å². The third-order valence-corrected chi connectivity index (χ3v) is 3.23. The van der Waals surface area contributed by atoms with Crippen LogP contribution < -0.4 is 9.64 Å². The highest BCUT2D eigenvalue weighted by atomic mass is 16.5. The number of nitrogens with zero attached hydrogens (tertiary/aromatic N) is 1. The zero-order chi connectivity index (χ0) is 13.2. The van der Waals surface area contributed by atoms with E-state index < -0.39 is 6.10 Å². The lowest BCUT2D eigenvalue weighted by Gasteiger charge is -2.33. The van der Waals surface area contributed by atoms with Gasteiger partial charge in [0.25, 0.3) is 5.91 Å². The number of carbonyl (C=O) groups excluding carboxylic acids is 1. The van der Waals surface area contributed by atoms with E-state index in [2.05, 4.69) is 0 Å². The standard InChI is InChI=1S/C15H15NO3/c1-2-13-15(17)16(10-11-6-5-9-18-11)12-7-3-4-8-14(12)19-13/h3-9,13H,2,10H2,1H3. The van der Waals surface area contributed by atoms with E-state index in [0.717, 1.165) is 17.2 Å². The fourth-order valence-corrected chi connectivity index (χ4v) is 2.26. The molecule has 4 heteroatoms. The summed E-state index contributed by atoms with van der Waals surface area (Å²) in [6.07, 6.45) is 1.86. The number of hydrogen-bond acceptors (Lipinski definition) is 3. The summed E-state index contributed by atoms with van der Waals surface area (Å²) >= 11 is 0. The molecule has 3 rings (SSSR count). The molecule has 1 atom stereocenters. The third-order valence-electron chi connectivity index (χ3n) is 3.23. The summed E-state index contributed by atoms with van der Waals surface area (Å²) in [5.74, 6) is 1.50. The first-order chi connectivity index (χ1) is 9.29. The Hall–Kier alpha value is -2.23. The Morgan fingerprint density at radius 1 is 1.21 bits per heavy atom. The van der Waals surface area contributed by atoms with E-state index in [1.807, 2.05) is 43.3 Å². The minimum absolute atomic E-state index is 0.0161. The highest BCUT2D eigenvalue weighted by Crippen LogP contribution is 2.35. The number of amides is 1. The number of rotatable bonds is 3. The van der Waals surface area contributed by atoms with Crippen LogP contribution in [0.3, 0.4) is 0 Å². The first kappa shape index (κ1) is 11.8. The van der Waals surface area contributed by atoms with Crippen molar-refractivity contribution in [2.24, 2.45) is 0 Å². The Kier molecular flexibility index (Phi) is 2.99. The van der Waals surface area contributed by atoms with Crippen molar-refractivity contribution in [2.45, 2.75) is 26.0 Å². The zero-order valence-electron chi connectivity index (χ0n) is 10.7. The molecule has 4 nitrogen and oxygen atoms in total. The molecular formula is C15H15NO3. The molecule has 0 saturated heterocycles. The minimum atomic E-state index is -0.412. The number of ether oxygens (including phenoxy) is 1. The van der Waals surface area contributed by atoms with Gasteiger partial charge in [-0.25, -0.2) is 0 Å². The normalized spacial score (nSPS) is 18.1. The maximum absolute atomic E-state index is 12.4. The number of hydrogen-bond donors (Lipinski definition) is 0. The molecule has 0 N–H and O–H groups in total. The van der Waals surface area contributed by atoms with Crippen LogP contribution in [-0.2, 0) is 11.3 Å². The molecule has 0 aliphatic carbocycles. The second-order valence-electron chi connectivity index (χ2n) is 4.49. The van der Waals surface area contributed by atoms with Crippen molar-refractivity contribution < 1.29 is 13.9 Å². The quantitative estimate of drug-likeness (QED) is 0.849. The molecule has 0 fully saturated rings. The van der Waals surface area contributed by atoms with Gasteiger partial charge >= 0.3 is 0 Å². The van der Waals surface area contributed by atoms with Crippen LogP contribution in [0.25, 0.3) is 0 Å². The van der Waals surface area contributed by atoms with Gasteiger partial charge < -0.3 is 9.15 Å². The predicted octanol–water partition coefficient (Wildman–Crippen LogP) is 2.98. The molecule has 1 aromatic carbocycles. The maximum atomic E-state index is 12.4. The Balaban J connectivity index is 1.98. The van der Waals surface area contributed by atoms with Gasteiger partial charge in [0.15, 0.2) is 6.10 Å². The molecule has 98 valence electrons. The van der Waals surface area contributed by atoms with Crippen LogP contribution in [-0.4, -0.2) is 12.0 Å². The van der Waals surface area contributed by atoms with Crippen LogP contribution in [0.1, 0.15) is 19.1 Å². The Morgan fingerprint density at radius 2 is 2.05 bits per heavy atom. The largest absolute Gasteiger partial charge is 0.478 e. The first-order valence-corrected chi connectivity index (χ1v) is 6.39. The number of fused-ring (bicyclic) bond motifs is 1. The lowest BCUT2D eigenvalue weighted by molar-refractivity contribution is -0.126. The van der Waals surface area contributed by atoms with Crippen LogP contribution in [0.5, 0.6) is 5.75 Å². The molecular weight excluding hydrogens is 242 g/mol. The molecule has 1 unspecified atom stereocenters. The number of furan rings is 1. The van der Waals surface area contributed by atoms with E-state index in [1.54, 1.807) is 11.2 Å². The van der Waals surface area contributed by atoms with Gasteiger partial charge in [0.05, 0.1) is 18.5 Å². The van der Waals surface area contributed by atoms with Gasteiger partial charge in [-0.1, -0.05) is 19.1 Å². The van der Waals surface area contributed by atoms with Crippen molar-refractivity contribution in [1.29, 1.82) is 0 Å². The lowest BCUT2D eigenvalue weighted by atomic mass is 10.1. The molecule has 1 aliphatic heterocycles. The number of para-hydroxylation sites is 2. The average Bonchev–Trinajstić information content (AvgIpc) is 2.94. The molecule has 1 aliphatic rings. The van der Waals surface area contributed by atoms with Gasteiger partial charge in [-0.15, -0.1) is 0 Å². The monoisotopic (exact) mass is 257 g/mol. The van der Waals surface area contributed by atoms with Crippen molar-refractivity contribution >= 4 is 11.6 Å². The summed E-state index contributed by atoms with van der Waals surface area (Å²) < 4.78 is 11.1. The summed E-state index contributed by atoms with van der Waals surface area (Å²) in [5, 5.41) is 0. The highest BCUT2D eigenvalue weighted by Gasteiger charge is 2.33. The van der Waals surface area contributed by atoms with Crippen molar-refractivity contribution in [2.75, 3.05) is 4.90 Å². The minimum Gasteiger partial charge on any atom is -0.478 e. The summed E-state index contributed by atoms with van der Waals surface area (Å²) in [6, 6.07) is 11.3. The van der Waals surface area contributed by atoms with Gasteiger partial charge in [0, 0.05) is 0 Å². The van der Waals surface area contributed by atoms with E-state index >= 15 is 0 Å². The molecule has 2 heterocycles. The van der Waals surface area contributed by atoms with Crippen molar-refractivity contribution in [3.63, 3.8) is 0 Å². The van der Waals surface area contributed by atoms with Gasteiger partial charge in [-0.2, -0.15) is 0 Å². The molecule has 19 heavy (non-hydrogen) atoms. The molecule has 0 spiro atoms. The zero-order valence-corrected chi connectivity index (χ0v) is 10.7. The molecule has 0 saturated carbocycles. The van der Waals surface area contributed by atoms with Gasteiger partial charge in [-0.05, 0) is 30.7 Å². The molecule has 1 aromatic heterocycles. The maximum Gasteiger partial charge on any atom is 0.268 e. The average molecular weight is 257 g/mol. The fraction of sp³-hybridized carbons (Fsp3) is 0.267. The van der Waals surface area contributed by atoms with E-state index in [9.17, 15) is 4.79 Å². The van der Waals surface area contributed by atoms with Crippen molar-refractivity contribution in [3.8, 4) is 5.75 Å². The van der Waals surface area contributed by atoms with E-state index in [-0.39, 0.29) is 5.91 Å². The number of benzene rings is 1. The second-order valence-corrected chi connectivity index (χ2v) is 4.49. The Morgan fingerprint density at radius 3 is 2.79 bits per heavy atom. The summed E-state index contributed by atoms with van der Waals surface area (Å²) in [4.78, 5) is 14.1. The van der Waals surface area contributed by atoms with Crippen LogP contribution in [0.4, 0.5) is 5.69 Å². The van der Waals surface area contributed by atoms with Crippen LogP contribution in [0, 0.1) is 0 Å². The fourth-order valence-electron chi connectivity index (χ4n) is 2.26. The van der Waals surface area contributed by atoms with Crippen molar-refractivity contribution in [3.05, 3.63) is 48.4 Å². The van der Waals surface area contributed by atoms with Gasteiger partial charge in [0.2, 0.25) is 0 Å². The van der Waals surface area contributed by atoms with E-state index in [1.165, 1.54) is 0 Å². The molecule has 0 bridgehead atoms. The lowest BCUT2D eigenvalue weighted by Crippen LogP contribution is -2.45. The van der Waals surface area contributed by atoms with Gasteiger partial charge in [0.1, 0.15) is 11.5 Å². The second kappa shape index (κ2) is 4.80. The van der Waals surface area contributed by atoms with Crippen molar-refractivity contribution in [1.82, 2.24) is 0 Å². The molecule has 0 radical (unpaired) electrons. The SMILES string of the molecule is CCC1Oc2ccccc2N(Cc2ccco2)C1=O. The first-order valence-electron chi connectivity index (χ1n) is 6.39. The van der Waals surface area contributed by atoms with Gasteiger partial charge in [-0.3, -0.25) is 9.69 Å². The number of carbonyl (C=O) groups is 1. The topological polar surface area (TPSA) is 42.7 Å². The third kappa shape index (κ3) is 2.10. The smallest absolute Gasteiger partial charge is 0.268 e.